The summed E-state index contributed by atoms with van der Waals surface area (Å²) in [7, 11) is 0. The Balaban J connectivity index is 2.37. The van der Waals surface area contributed by atoms with E-state index >= 15 is 0 Å². The minimum atomic E-state index is -0.388. The second-order valence-corrected chi connectivity index (χ2v) is 4.49. The quantitative estimate of drug-likeness (QED) is 0.669. The number of esters is 1. The predicted molar refractivity (Wildman–Crippen MR) is 82.1 cm³/mol. The molecule has 4 heteroatoms. The number of carbonyl (C=O) groups is 2. The van der Waals surface area contributed by atoms with Crippen molar-refractivity contribution in [3.05, 3.63) is 59.7 Å². The number of anilines is 2. The Labute approximate surface area is 123 Å². The number of ether oxygens (including phenoxy) is 1. The molecular weight excluding hydrogens is 266 g/mol. The smallest absolute Gasteiger partial charge is 0.340 e. The lowest BCUT2D eigenvalue weighted by Gasteiger charge is -2.13. The molecule has 2 rings (SSSR count). The van der Waals surface area contributed by atoms with Crippen LogP contribution in [0.1, 0.15) is 34.6 Å². The molecule has 1 N–H and O–H groups in total. The summed E-state index contributed by atoms with van der Waals surface area (Å²) >= 11 is 0. The molecule has 4 nitrogen and oxygen atoms in total. The summed E-state index contributed by atoms with van der Waals surface area (Å²) in [5.74, 6) is -0.423. The number of ketones is 1. The highest BCUT2D eigenvalue weighted by Gasteiger charge is 2.13. The maximum Gasteiger partial charge on any atom is 0.340 e. The van der Waals surface area contributed by atoms with E-state index in [1.165, 1.54) is 6.92 Å². The molecule has 0 bridgehead atoms. The topological polar surface area (TPSA) is 55.4 Å². The first-order chi connectivity index (χ1) is 10.1. The van der Waals surface area contributed by atoms with E-state index in [-0.39, 0.29) is 11.8 Å². The van der Waals surface area contributed by atoms with Crippen molar-refractivity contribution in [1.29, 1.82) is 0 Å². The van der Waals surface area contributed by atoms with Gasteiger partial charge in [-0.15, -0.1) is 0 Å². The third-order valence-electron chi connectivity index (χ3n) is 3.00. The Kier molecular flexibility index (Phi) is 4.72. The van der Waals surface area contributed by atoms with E-state index in [2.05, 4.69) is 5.32 Å². The highest BCUT2D eigenvalue weighted by molar-refractivity contribution is 6.02. The van der Waals surface area contributed by atoms with Crippen molar-refractivity contribution >= 4 is 23.1 Å². The average molecular weight is 283 g/mol. The zero-order valence-electron chi connectivity index (χ0n) is 12.1. The molecule has 0 radical (unpaired) electrons. The van der Waals surface area contributed by atoms with Crippen LogP contribution in [0.25, 0.3) is 0 Å². The normalized spacial score (nSPS) is 10.0. The molecule has 0 heterocycles. The van der Waals surface area contributed by atoms with Gasteiger partial charge >= 0.3 is 5.97 Å². The molecule has 108 valence electrons. The van der Waals surface area contributed by atoms with Gasteiger partial charge in [0, 0.05) is 11.3 Å². The highest BCUT2D eigenvalue weighted by Crippen LogP contribution is 2.24. The SMILES string of the molecule is CCOC(=O)c1ccccc1Nc1ccccc1C(C)=O. The Bertz CT molecular complexity index is 665. The van der Waals surface area contributed by atoms with Crippen molar-refractivity contribution in [1.82, 2.24) is 0 Å². The first kappa shape index (κ1) is 14.8. The Morgan fingerprint density at radius 1 is 0.952 bits per heavy atom. The summed E-state index contributed by atoms with van der Waals surface area (Å²) < 4.78 is 5.04. The molecule has 0 saturated heterocycles. The lowest BCUT2D eigenvalue weighted by Crippen LogP contribution is -2.08. The summed E-state index contributed by atoms with van der Waals surface area (Å²) in [5, 5.41) is 3.14. The van der Waals surface area contributed by atoms with Gasteiger partial charge in [0.15, 0.2) is 5.78 Å². The predicted octanol–water partition coefficient (Wildman–Crippen LogP) is 3.81. The number of para-hydroxylation sites is 2. The van der Waals surface area contributed by atoms with Gasteiger partial charge in [-0.05, 0) is 38.1 Å². The lowest BCUT2D eigenvalue weighted by atomic mass is 10.1. The Morgan fingerprint density at radius 2 is 1.48 bits per heavy atom. The van der Waals surface area contributed by atoms with Gasteiger partial charge in [0.25, 0.3) is 0 Å². The molecule has 0 unspecified atom stereocenters. The van der Waals surface area contributed by atoms with Gasteiger partial charge in [-0.2, -0.15) is 0 Å². The molecule has 2 aromatic rings. The van der Waals surface area contributed by atoms with Crippen LogP contribution in [0.5, 0.6) is 0 Å². The summed E-state index contributed by atoms with van der Waals surface area (Å²) in [6.07, 6.45) is 0. The number of hydrogen-bond acceptors (Lipinski definition) is 4. The van der Waals surface area contributed by atoms with Crippen LogP contribution in [0, 0.1) is 0 Å². The van der Waals surface area contributed by atoms with E-state index in [1.807, 2.05) is 12.1 Å². The molecular formula is C17H17NO3. The fourth-order valence-corrected chi connectivity index (χ4v) is 2.02. The minimum absolute atomic E-state index is 0.0354. The molecule has 0 amide bonds. The Hall–Kier alpha value is -2.62. The van der Waals surface area contributed by atoms with Crippen LogP contribution in [0.15, 0.2) is 48.5 Å². The average Bonchev–Trinajstić information content (AvgIpc) is 2.48. The molecule has 2 aromatic carbocycles. The number of nitrogens with one attached hydrogen (secondary N) is 1. The maximum atomic E-state index is 11.9. The fraction of sp³-hybridized carbons (Fsp3) is 0.176. The van der Waals surface area contributed by atoms with Crippen LogP contribution in [-0.2, 0) is 4.74 Å². The number of rotatable bonds is 5. The van der Waals surface area contributed by atoms with Crippen LogP contribution in [-0.4, -0.2) is 18.4 Å². The zero-order chi connectivity index (χ0) is 15.2. The van der Waals surface area contributed by atoms with Crippen molar-refractivity contribution in [2.24, 2.45) is 0 Å². The maximum absolute atomic E-state index is 11.9. The number of hydrogen-bond donors (Lipinski definition) is 1. The first-order valence-electron chi connectivity index (χ1n) is 6.76. The highest BCUT2D eigenvalue weighted by atomic mass is 16.5. The number of carbonyl (C=O) groups excluding carboxylic acids is 2. The van der Waals surface area contributed by atoms with Crippen LogP contribution >= 0.6 is 0 Å². The van der Waals surface area contributed by atoms with E-state index in [9.17, 15) is 9.59 Å². The molecule has 0 aliphatic rings. The van der Waals surface area contributed by atoms with Crippen molar-refractivity contribution in [3.8, 4) is 0 Å². The van der Waals surface area contributed by atoms with Crippen molar-refractivity contribution < 1.29 is 14.3 Å². The molecule has 0 spiro atoms. The second kappa shape index (κ2) is 6.70. The van der Waals surface area contributed by atoms with E-state index in [0.29, 0.717) is 29.1 Å². The van der Waals surface area contributed by atoms with Crippen molar-refractivity contribution in [3.63, 3.8) is 0 Å². The molecule has 0 saturated carbocycles. The largest absolute Gasteiger partial charge is 0.462 e. The van der Waals surface area contributed by atoms with Crippen LogP contribution in [0.2, 0.25) is 0 Å². The summed E-state index contributed by atoms with van der Waals surface area (Å²) in [5.41, 5.74) is 2.31. The second-order valence-electron chi connectivity index (χ2n) is 4.49. The Morgan fingerprint density at radius 3 is 2.05 bits per heavy atom. The van der Waals surface area contributed by atoms with E-state index in [0.717, 1.165) is 0 Å². The van der Waals surface area contributed by atoms with Gasteiger partial charge in [-0.3, -0.25) is 4.79 Å². The van der Waals surface area contributed by atoms with Gasteiger partial charge in [-0.25, -0.2) is 4.79 Å². The molecule has 0 aliphatic carbocycles. The summed E-state index contributed by atoms with van der Waals surface area (Å²) in [4.78, 5) is 23.6. The molecule has 0 aromatic heterocycles. The van der Waals surface area contributed by atoms with Gasteiger partial charge in [-0.1, -0.05) is 24.3 Å². The van der Waals surface area contributed by atoms with Gasteiger partial charge in [0.05, 0.1) is 17.9 Å². The van der Waals surface area contributed by atoms with E-state index in [1.54, 1.807) is 43.3 Å². The molecule has 0 aliphatic heterocycles. The summed E-state index contributed by atoms with van der Waals surface area (Å²) in [6.45, 7) is 3.59. The van der Waals surface area contributed by atoms with E-state index < -0.39 is 0 Å². The summed E-state index contributed by atoms with van der Waals surface area (Å²) in [6, 6.07) is 14.3. The van der Waals surface area contributed by atoms with Crippen molar-refractivity contribution in [2.75, 3.05) is 11.9 Å². The number of Topliss-reactive ketones (excluding diaryl/α,β-unsaturated/α-hetero) is 1. The standard InChI is InChI=1S/C17H17NO3/c1-3-21-17(20)14-9-5-7-11-16(14)18-15-10-6-4-8-13(15)12(2)19/h4-11,18H,3H2,1-2H3. The first-order valence-corrected chi connectivity index (χ1v) is 6.76. The number of benzene rings is 2. The zero-order valence-corrected chi connectivity index (χ0v) is 12.1. The lowest BCUT2D eigenvalue weighted by molar-refractivity contribution is 0.0527. The van der Waals surface area contributed by atoms with E-state index in [4.69, 9.17) is 4.74 Å². The van der Waals surface area contributed by atoms with Crippen LogP contribution < -0.4 is 5.32 Å². The fourth-order valence-electron chi connectivity index (χ4n) is 2.02. The molecule has 0 fully saturated rings. The van der Waals surface area contributed by atoms with Crippen LogP contribution in [0.3, 0.4) is 0 Å². The van der Waals surface area contributed by atoms with Gasteiger partial charge in [0.1, 0.15) is 0 Å². The monoisotopic (exact) mass is 283 g/mol. The third kappa shape index (κ3) is 3.48. The molecule has 21 heavy (non-hydrogen) atoms. The third-order valence-corrected chi connectivity index (χ3v) is 3.00. The molecule has 0 atom stereocenters. The van der Waals surface area contributed by atoms with Crippen molar-refractivity contribution in [2.45, 2.75) is 13.8 Å². The van der Waals surface area contributed by atoms with Gasteiger partial charge < -0.3 is 10.1 Å². The van der Waals surface area contributed by atoms with Gasteiger partial charge in [0.2, 0.25) is 0 Å². The van der Waals surface area contributed by atoms with Crippen LogP contribution in [0.4, 0.5) is 11.4 Å². The minimum Gasteiger partial charge on any atom is -0.462 e.